The van der Waals surface area contributed by atoms with Gasteiger partial charge in [0.15, 0.2) is 11.3 Å². The molecule has 5 heteroatoms. The number of nitrogens with one attached hydrogen (secondary N) is 2. The molecule has 2 rings (SSSR count). The highest BCUT2D eigenvalue weighted by Crippen LogP contribution is 2.24. The summed E-state index contributed by atoms with van der Waals surface area (Å²) in [5, 5.41) is 10.6. The van der Waals surface area contributed by atoms with Gasteiger partial charge in [0, 0.05) is 6.54 Å². The van der Waals surface area contributed by atoms with E-state index in [9.17, 15) is 0 Å². The van der Waals surface area contributed by atoms with Crippen LogP contribution in [0.3, 0.4) is 0 Å². The molecule has 0 amide bonds. The normalized spacial score (nSPS) is 10.9. The molecule has 0 saturated heterocycles. The zero-order valence-electron chi connectivity index (χ0n) is 11.3. The molecule has 18 heavy (non-hydrogen) atoms. The van der Waals surface area contributed by atoms with Crippen molar-refractivity contribution in [2.45, 2.75) is 33.6 Å². The van der Waals surface area contributed by atoms with E-state index in [-0.39, 0.29) is 0 Å². The summed E-state index contributed by atoms with van der Waals surface area (Å²) in [5.41, 5.74) is 4.04. The Morgan fingerprint density at radius 2 is 2.11 bits per heavy atom. The minimum Gasteiger partial charge on any atom is -0.365 e. The van der Waals surface area contributed by atoms with E-state index in [1.807, 2.05) is 0 Å². The second kappa shape index (κ2) is 5.16. The van der Waals surface area contributed by atoms with Gasteiger partial charge in [0.2, 0.25) is 0 Å². The number of anilines is 1. The van der Waals surface area contributed by atoms with Crippen LogP contribution in [0, 0.1) is 0 Å². The predicted molar refractivity (Wildman–Crippen MR) is 73.7 cm³/mol. The standard InChI is InChI=1S/C13H19N5/c1-8(2)5-6-14-13-12-11(15-7-16-13)10(9(3)4)17-18-12/h5,7,9H,6H2,1-4H3,(H,17,18)(H,14,15,16). The maximum atomic E-state index is 4.31. The highest BCUT2D eigenvalue weighted by Gasteiger charge is 2.13. The second-order valence-corrected chi connectivity index (χ2v) is 4.87. The van der Waals surface area contributed by atoms with Crippen LogP contribution in [0.2, 0.25) is 0 Å². The second-order valence-electron chi connectivity index (χ2n) is 4.87. The number of hydrogen-bond acceptors (Lipinski definition) is 4. The van der Waals surface area contributed by atoms with Crippen molar-refractivity contribution in [1.82, 2.24) is 20.2 Å². The largest absolute Gasteiger partial charge is 0.365 e. The Kier molecular flexibility index (Phi) is 3.60. The maximum Gasteiger partial charge on any atom is 0.158 e. The molecule has 2 aromatic rings. The first kappa shape index (κ1) is 12.5. The number of hydrogen-bond donors (Lipinski definition) is 2. The summed E-state index contributed by atoms with van der Waals surface area (Å²) in [5.74, 6) is 1.15. The topological polar surface area (TPSA) is 66.5 Å². The molecule has 0 spiro atoms. The number of aromatic amines is 1. The van der Waals surface area contributed by atoms with Crippen LogP contribution in [0.4, 0.5) is 5.82 Å². The molecular formula is C13H19N5. The maximum absolute atomic E-state index is 4.31. The lowest BCUT2D eigenvalue weighted by molar-refractivity contribution is 0.815. The molecule has 0 fully saturated rings. The first-order chi connectivity index (χ1) is 8.59. The Morgan fingerprint density at radius 3 is 2.78 bits per heavy atom. The average Bonchev–Trinajstić information content (AvgIpc) is 2.73. The van der Waals surface area contributed by atoms with E-state index in [1.165, 1.54) is 5.57 Å². The number of nitrogens with zero attached hydrogens (tertiary/aromatic N) is 3. The molecular weight excluding hydrogens is 226 g/mol. The van der Waals surface area contributed by atoms with Gasteiger partial charge in [0.25, 0.3) is 0 Å². The SMILES string of the molecule is CC(C)=CCNc1ncnc2c(C(C)C)[nH]nc12. The lowest BCUT2D eigenvalue weighted by Gasteiger charge is -2.04. The van der Waals surface area contributed by atoms with E-state index < -0.39 is 0 Å². The molecule has 0 unspecified atom stereocenters. The van der Waals surface area contributed by atoms with Crippen LogP contribution in [-0.2, 0) is 0 Å². The fourth-order valence-electron chi connectivity index (χ4n) is 1.73. The minimum absolute atomic E-state index is 0.371. The zero-order valence-corrected chi connectivity index (χ0v) is 11.3. The first-order valence-corrected chi connectivity index (χ1v) is 6.15. The summed E-state index contributed by atoms with van der Waals surface area (Å²) in [6.45, 7) is 9.13. The Hall–Kier alpha value is -1.91. The van der Waals surface area contributed by atoms with Gasteiger partial charge < -0.3 is 5.32 Å². The Balaban J connectivity index is 2.32. The molecule has 0 saturated carbocycles. The van der Waals surface area contributed by atoms with E-state index in [4.69, 9.17) is 0 Å². The van der Waals surface area contributed by atoms with Crippen LogP contribution >= 0.6 is 0 Å². The summed E-state index contributed by atoms with van der Waals surface area (Å²) < 4.78 is 0. The highest BCUT2D eigenvalue weighted by atomic mass is 15.2. The van der Waals surface area contributed by atoms with Gasteiger partial charge >= 0.3 is 0 Å². The Labute approximate surface area is 107 Å². The molecule has 0 aliphatic carbocycles. The first-order valence-electron chi connectivity index (χ1n) is 6.15. The minimum atomic E-state index is 0.371. The third-order valence-electron chi connectivity index (χ3n) is 2.72. The van der Waals surface area contributed by atoms with Gasteiger partial charge in [-0.25, -0.2) is 9.97 Å². The van der Waals surface area contributed by atoms with Crippen molar-refractivity contribution < 1.29 is 0 Å². The van der Waals surface area contributed by atoms with Crippen molar-refractivity contribution >= 4 is 16.9 Å². The van der Waals surface area contributed by atoms with Crippen LogP contribution in [0.1, 0.15) is 39.3 Å². The quantitative estimate of drug-likeness (QED) is 0.813. The van der Waals surface area contributed by atoms with Crippen molar-refractivity contribution in [1.29, 1.82) is 0 Å². The van der Waals surface area contributed by atoms with Gasteiger partial charge in [-0.1, -0.05) is 25.5 Å². The van der Waals surface area contributed by atoms with Gasteiger partial charge in [0.1, 0.15) is 11.8 Å². The van der Waals surface area contributed by atoms with Crippen LogP contribution in [0.25, 0.3) is 11.0 Å². The van der Waals surface area contributed by atoms with E-state index in [0.717, 1.165) is 29.1 Å². The van der Waals surface area contributed by atoms with Crippen molar-refractivity contribution in [2.24, 2.45) is 0 Å². The van der Waals surface area contributed by atoms with Crippen molar-refractivity contribution in [2.75, 3.05) is 11.9 Å². The number of fused-ring (bicyclic) bond motifs is 1. The Bertz CT molecular complexity index is 564. The number of H-pyrrole nitrogens is 1. The van der Waals surface area contributed by atoms with Crippen molar-refractivity contribution in [3.05, 3.63) is 23.7 Å². The molecule has 0 bridgehead atoms. The molecule has 0 atom stereocenters. The van der Waals surface area contributed by atoms with Crippen LogP contribution < -0.4 is 5.32 Å². The number of rotatable bonds is 4. The smallest absolute Gasteiger partial charge is 0.158 e. The average molecular weight is 245 g/mol. The zero-order chi connectivity index (χ0) is 13.1. The summed E-state index contributed by atoms with van der Waals surface area (Å²) in [6, 6.07) is 0. The van der Waals surface area contributed by atoms with E-state index in [1.54, 1.807) is 6.33 Å². The van der Waals surface area contributed by atoms with Crippen LogP contribution in [0.5, 0.6) is 0 Å². The fraction of sp³-hybridized carbons (Fsp3) is 0.462. The van der Waals surface area contributed by atoms with Gasteiger partial charge in [0.05, 0.1) is 5.69 Å². The molecule has 2 aromatic heterocycles. The van der Waals surface area contributed by atoms with Crippen molar-refractivity contribution in [3.63, 3.8) is 0 Å². The van der Waals surface area contributed by atoms with Crippen molar-refractivity contribution in [3.8, 4) is 0 Å². The molecule has 2 N–H and O–H groups in total. The molecule has 0 aliphatic heterocycles. The van der Waals surface area contributed by atoms with Crippen LogP contribution in [-0.4, -0.2) is 26.7 Å². The lowest BCUT2D eigenvalue weighted by atomic mass is 10.1. The lowest BCUT2D eigenvalue weighted by Crippen LogP contribution is -2.02. The fourth-order valence-corrected chi connectivity index (χ4v) is 1.73. The summed E-state index contributed by atoms with van der Waals surface area (Å²) >= 11 is 0. The van der Waals surface area contributed by atoms with Crippen LogP contribution in [0.15, 0.2) is 18.0 Å². The molecule has 5 nitrogen and oxygen atoms in total. The van der Waals surface area contributed by atoms with E-state index in [0.29, 0.717) is 5.92 Å². The van der Waals surface area contributed by atoms with Gasteiger partial charge in [-0.05, 0) is 19.8 Å². The van der Waals surface area contributed by atoms with E-state index >= 15 is 0 Å². The molecule has 2 heterocycles. The summed E-state index contributed by atoms with van der Waals surface area (Å²) in [4.78, 5) is 8.55. The molecule has 0 radical (unpaired) electrons. The molecule has 96 valence electrons. The number of aromatic nitrogens is 4. The monoisotopic (exact) mass is 245 g/mol. The highest BCUT2D eigenvalue weighted by molar-refractivity contribution is 5.86. The number of allylic oxidation sites excluding steroid dienone is 1. The third kappa shape index (κ3) is 2.50. The molecule has 0 aromatic carbocycles. The molecule has 0 aliphatic rings. The van der Waals surface area contributed by atoms with Gasteiger partial charge in [-0.15, -0.1) is 0 Å². The summed E-state index contributed by atoms with van der Waals surface area (Å²) in [6.07, 6.45) is 3.69. The Morgan fingerprint density at radius 1 is 1.33 bits per heavy atom. The van der Waals surface area contributed by atoms with Gasteiger partial charge in [-0.2, -0.15) is 5.10 Å². The van der Waals surface area contributed by atoms with E-state index in [2.05, 4.69) is 59.3 Å². The van der Waals surface area contributed by atoms with Gasteiger partial charge in [-0.3, -0.25) is 5.10 Å². The summed E-state index contributed by atoms with van der Waals surface area (Å²) in [7, 11) is 0. The third-order valence-corrected chi connectivity index (χ3v) is 2.72. The predicted octanol–water partition coefficient (Wildman–Crippen LogP) is 2.85.